The molecule has 2 rings (SSSR count). The van der Waals surface area contributed by atoms with E-state index in [4.69, 9.17) is 27.9 Å². The number of aryl methyl sites for hydroxylation is 2. The van der Waals surface area contributed by atoms with Gasteiger partial charge in [-0.1, -0.05) is 41.4 Å². The maximum absolute atomic E-state index is 11.8. The van der Waals surface area contributed by atoms with Crippen molar-refractivity contribution in [1.82, 2.24) is 10.9 Å². The fourth-order valence-electron chi connectivity index (χ4n) is 2.11. The van der Waals surface area contributed by atoms with Crippen LogP contribution in [0, 0.1) is 6.92 Å². The van der Waals surface area contributed by atoms with E-state index in [9.17, 15) is 9.59 Å². The molecule has 2 amide bonds. The first-order chi connectivity index (χ1) is 12.0. The van der Waals surface area contributed by atoms with Crippen molar-refractivity contribution in [2.45, 2.75) is 19.8 Å². The maximum atomic E-state index is 11.8. The van der Waals surface area contributed by atoms with Crippen LogP contribution < -0.4 is 15.6 Å². The van der Waals surface area contributed by atoms with Gasteiger partial charge in [-0.2, -0.15) is 0 Å². The van der Waals surface area contributed by atoms with Crippen LogP contribution in [0.5, 0.6) is 5.75 Å². The SMILES string of the molecule is Cc1cc(Cl)ccc1OCC(=O)NNC(=O)CCc1ccccc1Cl. The summed E-state index contributed by atoms with van der Waals surface area (Å²) < 4.78 is 5.39. The molecule has 0 unspecified atom stereocenters. The number of hydrazine groups is 1. The average Bonchev–Trinajstić information content (AvgIpc) is 2.58. The highest BCUT2D eigenvalue weighted by atomic mass is 35.5. The topological polar surface area (TPSA) is 67.4 Å². The molecule has 0 aliphatic heterocycles. The maximum Gasteiger partial charge on any atom is 0.276 e. The zero-order chi connectivity index (χ0) is 18.2. The van der Waals surface area contributed by atoms with E-state index in [-0.39, 0.29) is 18.9 Å². The smallest absolute Gasteiger partial charge is 0.276 e. The van der Waals surface area contributed by atoms with Gasteiger partial charge in [-0.05, 0) is 48.7 Å². The van der Waals surface area contributed by atoms with Crippen molar-refractivity contribution < 1.29 is 14.3 Å². The van der Waals surface area contributed by atoms with Crippen LogP contribution in [0.25, 0.3) is 0 Å². The molecular formula is C18H18Cl2N2O3. The van der Waals surface area contributed by atoms with Gasteiger partial charge in [0.15, 0.2) is 6.61 Å². The van der Waals surface area contributed by atoms with Crippen LogP contribution in [0.1, 0.15) is 17.5 Å². The van der Waals surface area contributed by atoms with E-state index in [0.717, 1.165) is 11.1 Å². The molecule has 0 bridgehead atoms. The van der Waals surface area contributed by atoms with Gasteiger partial charge in [0.05, 0.1) is 0 Å². The molecule has 2 N–H and O–H groups in total. The third kappa shape index (κ3) is 6.29. The van der Waals surface area contributed by atoms with Gasteiger partial charge in [-0.25, -0.2) is 0 Å². The minimum absolute atomic E-state index is 0.209. The summed E-state index contributed by atoms with van der Waals surface area (Å²) in [6.45, 7) is 1.61. The van der Waals surface area contributed by atoms with Gasteiger partial charge in [0, 0.05) is 16.5 Å². The fourth-order valence-corrected chi connectivity index (χ4v) is 2.56. The number of rotatable bonds is 6. The third-order valence-electron chi connectivity index (χ3n) is 3.42. The van der Waals surface area contributed by atoms with E-state index in [0.29, 0.717) is 22.2 Å². The van der Waals surface area contributed by atoms with Gasteiger partial charge in [0.1, 0.15) is 5.75 Å². The van der Waals surface area contributed by atoms with Crippen molar-refractivity contribution in [3.05, 3.63) is 63.6 Å². The normalized spacial score (nSPS) is 10.2. The van der Waals surface area contributed by atoms with Gasteiger partial charge in [0.2, 0.25) is 5.91 Å². The van der Waals surface area contributed by atoms with Crippen molar-refractivity contribution in [3.63, 3.8) is 0 Å². The molecule has 0 atom stereocenters. The Balaban J connectivity index is 1.70. The number of hydrogen-bond donors (Lipinski definition) is 2. The van der Waals surface area contributed by atoms with Crippen LogP contribution in [0.15, 0.2) is 42.5 Å². The zero-order valence-corrected chi connectivity index (χ0v) is 15.2. The predicted molar refractivity (Wildman–Crippen MR) is 97.7 cm³/mol. The second-order valence-electron chi connectivity index (χ2n) is 5.39. The Morgan fingerprint density at radius 2 is 1.76 bits per heavy atom. The summed E-state index contributed by atoms with van der Waals surface area (Å²) in [4.78, 5) is 23.5. The zero-order valence-electron chi connectivity index (χ0n) is 13.6. The molecule has 0 fully saturated rings. The summed E-state index contributed by atoms with van der Waals surface area (Å²) in [6, 6.07) is 12.4. The molecule has 0 heterocycles. The Morgan fingerprint density at radius 3 is 2.48 bits per heavy atom. The molecule has 0 aromatic heterocycles. The molecule has 0 saturated carbocycles. The number of amides is 2. The van der Waals surface area contributed by atoms with Crippen LogP contribution in [0.2, 0.25) is 10.0 Å². The van der Waals surface area contributed by atoms with Gasteiger partial charge in [0.25, 0.3) is 5.91 Å². The van der Waals surface area contributed by atoms with Crippen LogP contribution in [-0.4, -0.2) is 18.4 Å². The number of carbonyl (C=O) groups is 2. The lowest BCUT2D eigenvalue weighted by atomic mass is 10.1. The van der Waals surface area contributed by atoms with Crippen molar-refractivity contribution >= 4 is 35.0 Å². The molecule has 2 aromatic carbocycles. The number of ether oxygens (including phenoxy) is 1. The first-order valence-corrected chi connectivity index (χ1v) is 8.41. The van der Waals surface area contributed by atoms with E-state index < -0.39 is 5.91 Å². The first-order valence-electron chi connectivity index (χ1n) is 7.66. The summed E-state index contributed by atoms with van der Waals surface area (Å²) in [5.74, 6) is -0.207. The predicted octanol–water partition coefficient (Wildman–Crippen LogP) is 3.46. The number of halogens is 2. The first kappa shape index (κ1) is 19.1. The Bertz CT molecular complexity index is 766. The summed E-state index contributed by atoms with van der Waals surface area (Å²) in [7, 11) is 0. The highest BCUT2D eigenvalue weighted by Gasteiger charge is 2.08. The van der Waals surface area contributed by atoms with Crippen LogP contribution in [-0.2, 0) is 16.0 Å². The number of carbonyl (C=O) groups excluding carboxylic acids is 2. The van der Waals surface area contributed by atoms with Gasteiger partial charge < -0.3 is 4.74 Å². The minimum Gasteiger partial charge on any atom is -0.483 e. The minimum atomic E-state index is -0.458. The summed E-state index contributed by atoms with van der Waals surface area (Å²) >= 11 is 11.9. The average molecular weight is 381 g/mol. The van der Waals surface area contributed by atoms with Crippen molar-refractivity contribution in [1.29, 1.82) is 0 Å². The summed E-state index contributed by atoms with van der Waals surface area (Å²) in [5.41, 5.74) is 6.37. The standard InChI is InChI=1S/C18H18Cl2N2O3/c1-12-10-14(19)7-8-16(12)25-11-18(24)22-21-17(23)9-6-13-4-2-3-5-15(13)20/h2-5,7-8,10H,6,9,11H2,1H3,(H,21,23)(H,22,24). The number of hydrogen-bond acceptors (Lipinski definition) is 3. The highest BCUT2D eigenvalue weighted by Crippen LogP contribution is 2.21. The van der Waals surface area contributed by atoms with Gasteiger partial charge in [-0.3, -0.25) is 20.4 Å². The Morgan fingerprint density at radius 1 is 1.04 bits per heavy atom. The largest absolute Gasteiger partial charge is 0.483 e. The van der Waals surface area contributed by atoms with E-state index >= 15 is 0 Å². The van der Waals surface area contributed by atoms with E-state index in [1.54, 1.807) is 24.3 Å². The molecule has 25 heavy (non-hydrogen) atoms. The molecule has 0 aliphatic rings. The second-order valence-corrected chi connectivity index (χ2v) is 6.23. The molecule has 0 radical (unpaired) electrons. The molecule has 5 nitrogen and oxygen atoms in total. The highest BCUT2D eigenvalue weighted by molar-refractivity contribution is 6.31. The van der Waals surface area contributed by atoms with Crippen LogP contribution >= 0.6 is 23.2 Å². The Labute approximate surface area is 156 Å². The van der Waals surface area contributed by atoms with Crippen LogP contribution in [0.4, 0.5) is 0 Å². The van der Waals surface area contributed by atoms with E-state index in [1.165, 1.54) is 0 Å². The molecule has 0 aliphatic carbocycles. The van der Waals surface area contributed by atoms with Gasteiger partial charge in [-0.15, -0.1) is 0 Å². The summed E-state index contributed by atoms with van der Waals surface area (Å²) in [6.07, 6.45) is 0.697. The fraction of sp³-hybridized carbons (Fsp3) is 0.222. The molecule has 0 saturated heterocycles. The van der Waals surface area contributed by atoms with Crippen molar-refractivity contribution in [2.24, 2.45) is 0 Å². The molecule has 132 valence electrons. The molecule has 7 heteroatoms. The lowest BCUT2D eigenvalue weighted by Crippen LogP contribution is -2.43. The third-order valence-corrected chi connectivity index (χ3v) is 4.02. The Kier molecular flexibility index (Phi) is 7.10. The summed E-state index contributed by atoms with van der Waals surface area (Å²) in [5, 5.41) is 1.21. The van der Waals surface area contributed by atoms with E-state index in [1.807, 2.05) is 25.1 Å². The molecule has 2 aromatic rings. The lowest BCUT2D eigenvalue weighted by Gasteiger charge is -2.10. The molecular weight excluding hydrogens is 363 g/mol. The van der Waals surface area contributed by atoms with Crippen molar-refractivity contribution in [3.8, 4) is 5.75 Å². The van der Waals surface area contributed by atoms with E-state index in [2.05, 4.69) is 10.9 Å². The lowest BCUT2D eigenvalue weighted by molar-refractivity contribution is -0.130. The quantitative estimate of drug-likeness (QED) is 0.754. The van der Waals surface area contributed by atoms with Gasteiger partial charge >= 0.3 is 0 Å². The molecule has 0 spiro atoms. The number of benzene rings is 2. The second kappa shape index (κ2) is 9.30. The number of nitrogens with one attached hydrogen (secondary N) is 2. The monoisotopic (exact) mass is 380 g/mol. The Hall–Kier alpha value is -2.24. The van der Waals surface area contributed by atoms with Crippen LogP contribution in [0.3, 0.4) is 0 Å². The van der Waals surface area contributed by atoms with Crippen molar-refractivity contribution in [2.75, 3.05) is 6.61 Å².